The van der Waals surface area contributed by atoms with Gasteiger partial charge in [0.05, 0.1) is 10.6 Å². The van der Waals surface area contributed by atoms with Crippen molar-refractivity contribution in [2.45, 2.75) is 0 Å². The standard InChI is InChI=1S/C14H11ClN4/c15-12-8-11(13(18-9-12)19-14(16)17)7-6-10-4-2-1-3-5-10/h1-5,8-9H,(H4,16,17,18,19). The van der Waals surface area contributed by atoms with Crippen molar-refractivity contribution in [2.24, 2.45) is 16.5 Å². The largest absolute Gasteiger partial charge is 0.370 e. The molecule has 0 atom stereocenters. The summed E-state index contributed by atoms with van der Waals surface area (Å²) in [5.74, 6) is 6.25. The van der Waals surface area contributed by atoms with Gasteiger partial charge in [0.25, 0.3) is 0 Å². The smallest absolute Gasteiger partial charge is 0.192 e. The number of halogens is 1. The van der Waals surface area contributed by atoms with Crippen molar-refractivity contribution < 1.29 is 0 Å². The fraction of sp³-hybridized carbons (Fsp3) is 0. The van der Waals surface area contributed by atoms with Crippen LogP contribution in [0.4, 0.5) is 5.82 Å². The highest BCUT2D eigenvalue weighted by Gasteiger charge is 2.02. The summed E-state index contributed by atoms with van der Waals surface area (Å²) in [7, 11) is 0. The Labute approximate surface area is 116 Å². The van der Waals surface area contributed by atoms with Crippen molar-refractivity contribution in [2.75, 3.05) is 0 Å². The van der Waals surface area contributed by atoms with Crippen LogP contribution in [0.5, 0.6) is 0 Å². The minimum atomic E-state index is -0.0717. The number of pyridine rings is 1. The van der Waals surface area contributed by atoms with Crippen molar-refractivity contribution in [3.8, 4) is 11.8 Å². The Morgan fingerprint density at radius 3 is 2.58 bits per heavy atom. The molecule has 0 aliphatic rings. The Kier molecular flexibility index (Phi) is 4.01. The molecule has 0 fully saturated rings. The van der Waals surface area contributed by atoms with E-state index in [4.69, 9.17) is 23.1 Å². The second kappa shape index (κ2) is 5.89. The third-order valence-corrected chi connectivity index (χ3v) is 2.39. The summed E-state index contributed by atoms with van der Waals surface area (Å²) in [4.78, 5) is 7.96. The van der Waals surface area contributed by atoms with Gasteiger partial charge in [-0.2, -0.15) is 4.99 Å². The summed E-state index contributed by atoms with van der Waals surface area (Å²) >= 11 is 5.89. The average molecular weight is 271 g/mol. The van der Waals surface area contributed by atoms with Crippen molar-refractivity contribution in [1.29, 1.82) is 0 Å². The Bertz CT molecular complexity index is 665. The molecule has 1 aromatic carbocycles. The van der Waals surface area contributed by atoms with Crippen LogP contribution in [0.25, 0.3) is 0 Å². The van der Waals surface area contributed by atoms with Gasteiger partial charge in [-0.3, -0.25) is 0 Å². The van der Waals surface area contributed by atoms with Crippen LogP contribution in [0.2, 0.25) is 5.02 Å². The minimum Gasteiger partial charge on any atom is -0.370 e. The predicted octanol–water partition coefficient (Wildman–Crippen LogP) is 2.04. The molecule has 4 nitrogen and oxygen atoms in total. The number of nitrogens with zero attached hydrogens (tertiary/aromatic N) is 2. The van der Waals surface area contributed by atoms with Crippen molar-refractivity contribution in [3.05, 3.63) is 58.7 Å². The number of hydrogen-bond acceptors (Lipinski definition) is 2. The highest BCUT2D eigenvalue weighted by atomic mass is 35.5. The lowest BCUT2D eigenvalue weighted by Crippen LogP contribution is -2.22. The van der Waals surface area contributed by atoms with Gasteiger partial charge in [0.1, 0.15) is 0 Å². The van der Waals surface area contributed by atoms with Crippen LogP contribution in [0.3, 0.4) is 0 Å². The zero-order valence-electron chi connectivity index (χ0n) is 9.97. The van der Waals surface area contributed by atoms with Gasteiger partial charge < -0.3 is 11.5 Å². The van der Waals surface area contributed by atoms with Crippen molar-refractivity contribution >= 4 is 23.4 Å². The van der Waals surface area contributed by atoms with Gasteiger partial charge in [0.15, 0.2) is 11.8 Å². The maximum absolute atomic E-state index is 5.89. The fourth-order valence-corrected chi connectivity index (χ4v) is 1.55. The Morgan fingerprint density at radius 1 is 1.16 bits per heavy atom. The zero-order valence-corrected chi connectivity index (χ0v) is 10.7. The normalized spacial score (nSPS) is 9.32. The van der Waals surface area contributed by atoms with E-state index in [1.165, 1.54) is 6.20 Å². The van der Waals surface area contributed by atoms with E-state index in [1.54, 1.807) is 6.07 Å². The summed E-state index contributed by atoms with van der Waals surface area (Å²) in [6, 6.07) is 11.2. The topological polar surface area (TPSA) is 77.3 Å². The molecule has 0 saturated carbocycles. The van der Waals surface area contributed by atoms with Gasteiger partial charge in [0, 0.05) is 11.8 Å². The minimum absolute atomic E-state index is 0.0717. The Balaban J connectivity index is 2.42. The summed E-state index contributed by atoms with van der Waals surface area (Å²) in [6.07, 6.45) is 1.47. The second-order valence-corrected chi connectivity index (χ2v) is 4.11. The highest BCUT2D eigenvalue weighted by Crippen LogP contribution is 2.19. The van der Waals surface area contributed by atoms with E-state index in [0.29, 0.717) is 16.4 Å². The molecule has 0 aliphatic carbocycles. The van der Waals surface area contributed by atoms with E-state index in [2.05, 4.69) is 21.8 Å². The third kappa shape index (κ3) is 3.73. The van der Waals surface area contributed by atoms with Gasteiger partial charge in [-0.05, 0) is 18.2 Å². The van der Waals surface area contributed by atoms with Crippen LogP contribution in [-0.4, -0.2) is 10.9 Å². The van der Waals surface area contributed by atoms with Gasteiger partial charge in [-0.1, -0.05) is 41.6 Å². The lowest BCUT2D eigenvalue weighted by Gasteiger charge is -1.99. The van der Waals surface area contributed by atoms with E-state index in [1.807, 2.05) is 30.3 Å². The molecule has 19 heavy (non-hydrogen) atoms. The predicted molar refractivity (Wildman–Crippen MR) is 77.1 cm³/mol. The van der Waals surface area contributed by atoms with Gasteiger partial charge >= 0.3 is 0 Å². The fourth-order valence-electron chi connectivity index (χ4n) is 1.40. The molecular weight excluding hydrogens is 260 g/mol. The number of benzene rings is 1. The molecule has 0 bridgehead atoms. The molecule has 0 saturated heterocycles. The van der Waals surface area contributed by atoms with E-state index in [-0.39, 0.29) is 5.96 Å². The molecule has 0 amide bonds. The van der Waals surface area contributed by atoms with Crippen molar-refractivity contribution in [3.63, 3.8) is 0 Å². The number of guanidine groups is 1. The number of aromatic nitrogens is 1. The van der Waals surface area contributed by atoms with E-state index in [9.17, 15) is 0 Å². The molecule has 0 aliphatic heterocycles. The second-order valence-electron chi connectivity index (χ2n) is 3.68. The maximum Gasteiger partial charge on any atom is 0.192 e. The van der Waals surface area contributed by atoms with Gasteiger partial charge in [0.2, 0.25) is 0 Å². The number of hydrogen-bond donors (Lipinski definition) is 2. The monoisotopic (exact) mass is 270 g/mol. The SMILES string of the molecule is NC(N)=Nc1ncc(Cl)cc1C#Cc1ccccc1. The maximum atomic E-state index is 5.89. The molecule has 94 valence electrons. The summed E-state index contributed by atoms with van der Waals surface area (Å²) in [5.41, 5.74) is 12.2. The molecule has 5 heteroatoms. The van der Waals surface area contributed by atoms with Crippen LogP contribution >= 0.6 is 11.6 Å². The van der Waals surface area contributed by atoms with E-state index in [0.717, 1.165) is 5.56 Å². The first-order valence-corrected chi connectivity index (χ1v) is 5.85. The van der Waals surface area contributed by atoms with Crippen molar-refractivity contribution in [1.82, 2.24) is 4.98 Å². The van der Waals surface area contributed by atoms with E-state index < -0.39 is 0 Å². The van der Waals surface area contributed by atoms with Gasteiger partial charge in [-0.25, -0.2) is 4.98 Å². The Morgan fingerprint density at radius 2 is 1.89 bits per heavy atom. The number of aliphatic imine (C=N–C) groups is 1. The number of rotatable bonds is 1. The summed E-state index contributed by atoms with van der Waals surface area (Å²) in [6.45, 7) is 0. The highest BCUT2D eigenvalue weighted by molar-refractivity contribution is 6.30. The van der Waals surface area contributed by atoms with Crippen LogP contribution in [0.1, 0.15) is 11.1 Å². The van der Waals surface area contributed by atoms with Crippen LogP contribution in [0, 0.1) is 11.8 Å². The third-order valence-electron chi connectivity index (χ3n) is 2.18. The summed E-state index contributed by atoms with van der Waals surface area (Å²) in [5, 5.41) is 0.479. The molecule has 0 radical (unpaired) electrons. The van der Waals surface area contributed by atoms with Crippen LogP contribution in [-0.2, 0) is 0 Å². The molecule has 2 aromatic rings. The molecule has 0 spiro atoms. The lowest BCUT2D eigenvalue weighted by atomic mass is 10.2. The van der Waals surface area contributed by atoms with Crippen LogP contribution < -0.4 is 11.5 Å². The number of nitrogens with two attached hydrogens (primary N) is 2. The first kappa shape index (κ1) is 12.9. The van der Waals surface area contributed by atoms with Crippen LogP contribution in [0.15, 0.2) is 47.6 Å². The first-order chi connectivity index (χ1) is 9.15. The quantitative estimate of drug-likeness (QED) is 0.473. The molecule has 2 rings (SSSR count). The molecule has 1 aromatic heterocycles. The summed E-state index contributed by atoms with van der Waals surface area (Å²) < 4.78 is 0. The zero-order chi connectivity index (χ0) is 13.7. The molecule has 1 heterocycles. The van der Waals surface area contributed by atoms with Gasteiger partial charge in [-0.15, -0.1) is 0 Å². The lowest BCUT2D eigenvalue weighted by molar-refractivity contribution is 1.24. The molecule has 0 unspecified atom stereocenters. The average Bonchev–Trinajstić information content (AvgIpc) is 2.40. The molecule has 4 N–H and O–H groups in total. The first-order valence-electron chi connectivity index (χ1n) is 5.47. The molecular formula is C14H11ClN4. The Hall–Kier alpha value is -2.51. The van der Waals surface area contributed by atoms with E-state index >= 15 is 0 Å².